The van der Waals surface area contributed by atoms with Gasteiger partial charge in [-0.2, -0.15) is 0 Å². The van der Waals surface area contributed by atoms with Crippen LogP contribution in [0.25, 0.3) is 0 Å². The third-order valence-corrected chi connectivity index (χ3v) is 7.55. The van der Waals surface area contributed by atoms with E-state index in [1.165, 1.54) is 16.7 Å². The molecule has 0 bridgehead atoms. The van der Waals surface area contributed by atoms with Crippen molar-refractivity contribution in [2.75, 3.05) is 6.61 Å². The Hall–Kier alpha value is -1.93. The van der Waals surface area contributed by atoms with E-state index in [1.807, 2.05) is 6.08 Å². The van der Waals surface area contributed by atoms with Crippen LogP contribution in [0.3, 0.4) is 0 Å². The zero-order valence-electron chi connectivity index (χ0n) is 16.7. The molecular formula is C25H30O2. The monoisotopic (exact) mass is 362 g/mol. The van der Waals surface area contributed by atoms with Crippen LogP contribution in [0, 0.1) is 29.6 Å². The molecule has 0 aliphatic heterocycles. The van der Waals surface area contributed by atoms with E-state index in [0.717, 1.165) is 41.6 Å². The van der Waals surface area contributed by atoms with Gasteiger partial charge in [0.15, 0.2) is 5.78 Å². The second-order valence-corrected chi connectivity index (χ2v) is 8.84. The Labute approximate surface area is 162 Å². The maximum Gasteiger partial charge on any atom is 0.171 e. The summed E-state index contributed by atoms with van der Waals surface area (Å²) in [5.74, 6) is 1.50. The Balaban J connectivity index is 1.80. The lowest BCUT2D eigenvalue weighted by Gasteiger charge is -2.47. The molecule has 4 rings (SSSR count). The molecule has 4 aliphatic carbocycles. The highest BCUT2D eigenvalue weighted by Gasteiger charge is 2.47. The van der Waals surface area contributed by atoms with Crippen LogP contribution in [0.5, 0.6) is 0 Å². The van der Waals surface area contributed by atoms with Crippen molar-refractivity contribution in [3.8, 4) is 0 Å². The number of allylic oxidation sites excluding steroid dienone is 9. The maximum atomic E-state index is 13.5. The molecule has 5 atom stereocenters. The number of ketones is 1. The summed E-state index contributed by atoms with van der Waals surface area (Å²) in [5.41, 5.74) is 7.99. The van der Waals surface area contributed by atoms with Crippen molar-refractivity contribution < 1.29 is 9.90 Å². The molecule has 2 nitrogen and oxygen atoms in total. The van der Waals surface area contributed by atoms with Gasteiger partial charge >= 0.3 is 0 Å². The normalized spacial score (nSPS) is 35.6. The van der Waals surface area contributed by atoms with Crippen molar-refractivity contribution in [2.45, 2.75) is 40.0 Å². The summed E-state index contributed by atoms with van der Waals surface area (Å²) in [6.45, 7) is 15.1. The minimum atomic E-state index is -0.104. The van der Waals surface area contributed by atoms with Gasteiger partial charge in [0.2, 0.25) is 0 Å². The van der Waals surface area contributed by atoms with Crippen molar-refractivity contribution in [1.29, 1.82) is 0 Å². The zero-order valence-corrected chi connectivity index (χ0v) is 16.7. The first-order valence-corrected chi connectivity index (χ1v) is 10.2. The van der Waals surface area contributed by atoms with E-state index in [1.54, 1.807) is 0 Å². The van der Waals surface area contributed by atoms with E-state index in [-0.39, 0.29) is 24.2 Å². The van der Waals surface area contributed by atoms with Crippen LogP contribution in [0.2, 0.25) is 0 Å². The van der Waals surface area contributed by atoms with E-state index in [2.05, 4.69) is 46.1 Å². The van der Waals surface area contributed by atoms with E-state index in [0.29, 0.717) is 17.8 Å². The Kier molecular flexibility index (Phi) is 4.50. The number of rotatable bonds is 2. The molecule has 4 aliphatic rings. The van der Waals surface area contributed by atoms with E-state index < -0.39 is 0 Å². The molecule has 2 fully saturated rings. The van der Waals surface area contributed by atoms with Gasteiger partial charge in [-0.25, -0.2) is 0 Å². The lowest BCUT2D eigenvalue weighted by Crippen LogP contribution is -2.40. The fourth-order valence-electron chi connectivity index (χ4n) is 6.04. The largest absolute Gasteiger partial charge is 0.392 e. The summed E-state index contributed by atoms with van der Waals surface area (Å²) >= 11 is 0. The first kappa shape index (κ1) is 18.4. The number of aliphatic hydroxyl groups excluding tert-OH is 1. The first-order chi connectivity index (χ1) is 12.9. The molecule has 2 heteroatoms. The van der Waals surface area contributed by atoms with Gasteiger partial charge in [-0.15, -0.1) is 0 Å². The van der Waals surface area contributed by atoms with Crippen LogP contribution >= 0.6 is 0 Å². The first-order valence-electron chi connectivity index (χ1n) is 10.2. The number of Topliss-reactive ketones (excluding diaryl/α,β-unsaturated/α-hetero) is 1. The number of carbonyl (C=O) groups is 1. The van der Waals surface area contributed by atoms with Crippen molar-refractivity contribution in [1.82, 2.24) is 0 Å². The third kappa shape index (κ3) is 2.61. The highest BCUT2D eigenvalue weighted by Crippen LogP contribution is 2.55. The molecule has 142 valence electrons. The van der Waals surface area contributed by atoms with Gasteiger partial charge in [0.25, 0.3) is 0 Å². The molecule has 4 unspecified atom stereocenters. The Morgan fingerprint density at radius 3 is 2.56 bits per heavy atom. The predicted molar refractivity (Wildman–Crippen MR) is 110 cm³/mol. The smallest absolute Gasteiger partial charge is 0.171 e. The molecule has 0 saturated heterocycles. The van der Waals surface area contributed by atoms with Crippen molar-refractivity contribution in [3.63, 3.8) is 0 Å². The number of carbonyl (C=O) groups excluding carboxylic acids is 1. The number of hydrogen-bond acceptors (Lipinski definition) is 2. The Morgan fingerprint density at radius 1 is 1.15 bits per heavy atom. The quantitative estimate of drug-likeness (QED) is 0.694. The summed E-state index contributed by atoms with van der Waals surface area (Å²) in [6, 6.07) is 0. The molecule has 1 N–H and O–H groups in total. The van der Waals surface area contributed by atoms with E-state index >= 15 is 0 Å². The topological polar surface area (TPSA) is 37.3 Å². The summed E-state index contributed by atoms with van der Waals surface area (Å²) in [6.07, 6.45) is 9.36. The number of hydrogen-bond donors (Lipinski definition) is 1. The third-order valence-electron chi connectivity index (χ3n) is 7.55. The summed E-state index contributed by atoms with van der Waals surface area (Å²) in [4.78, 5) is 13.5. The minimum absolute atomic E-state index is 0.0631. The molecule has 2 saturated carbocycles. The molecule has 0 aromatic rings. The predicted octanol–water partition coefficient (Wildman–Crippen LogP) is 5.10. The van der Waals surface area contributed by atoms with Crippen LogP contribution in [0.4, 0.5) is 0 Å². The van der Waals surface area contributed by atoms with Gasteiger partial charge in [0.1, 0.15) is 0 Å². The molecule has 0 aromatic heterocycles. The van der Waals surface area contributed by atoms with Crippen molar-refractivity contribution in [2.24, 2.45) is 29.6 Å². The van der Waals surface area contributed by atoms with Crippen LogP contribution in [-0.2, 0) is 4.79 Å². The Bertz CT molecular complexity index is 861. The van der Waals surface area contributed by atoms with Gasteiger partial charge in [0.05, 0.1) is 12.5 Å². The summed E-state index contributed by atoms with van der Waals surface area (Å²) < 4.78 is 0. The highest BCUT2D eigenvalue weighted by molar-refractivity contribution is 6.07. The Morgan fingerprint density at radius 2 is 1.85 bits per heavy atom. The van der Waals surface area contributed by atoms with Crippen molar-refractivity contribution >= 4 is 5.78 Å². The van der Waals surface area contributed by atoms with Crippen LogP contribution in [0.1, 0.15) is 40.0 Å². The van der Waals surface area contributed by atoms with Crippen LogP contribution in [0.15, 0.2) is 70.4 Å². The standard InChI is InChI=1S/C25H30O2/c1-13-7-6-8-20-22(13)17(5)23-15(3)19-10-9-18(14(2)12-26)11-21(19)16(4)24(23)25(20)27/h6-8,18-22,26H,2,5,9-12H2,1,3-4H3/t18-,19?,20?,21?,22?/m1/s1. The average molecular weight is 363 g/mol. The second-order valence-electron chi connectivity index (χ2n) is 8.84. The lowest BCUT2D eigenvalue weighted by molar-refractivity contribution is -0.119. The van der Waals surface area contributed by atoms with Gasteiger partial charge in [-0.05, 0) is 74.5 Å². The average Bonchev–Trinajstić information content (AvgIpc) is 2.67. The van der Waals surface area contributed by atoms with Gasteiger partial charge in [0, 0.05) is 11.5 Å². The SMILES string of the molecule is C=C1C2=C(C)C3CC[C@@H](C(=C)CO)CC3C(C)=C2C(=O)C2C=CC=C(C)C12. The van der Waals surface area contributed by atoms with Gasteiger partial charge < -0.3 is 5.11 Å². The number of fused-ring (bicyclic) bond motifs is 3. The van der Waals surface area contributed by atoms with Crippen LogP contribution in [-0.4, -0.2) is 17.5 Å². The molecule has 0 heterocycles. The van der Waals surface area contributed by atoms with Crippen LogP contribution < -0.4 is 0 Å². The zero-order chi connectivity index (χ0) is 19.5. The minimum Gasteiger partial charge on any atom is -0.392 e. The highest BCUT2D eigenvalue weighted by atomic mass is 16.3. The summed E-state index contributed by atoms with van der Waals surface area (Å²) in [5, 5.41) is 9.52. The summed E-state index contributed by atoms with van der Waals surface area (Å²) in [7, 11) is 0. The van der Waals surface area contributed by atoms with Gasteiger partial charge in [-0.3, -0.25) is 4.79 Å². The molecule has 27 heavy (non-hydrogen) atoms. The fourth-order valence-corrected chi connectivity index (χ4v) is 6.04. The van der Waals surface area contributed by atoms with E-state index in [4.69, 9.17) is 0 Å². The van der Waals surface area contributed by atoms with Gasteiger partial charge in [-0.1, -0.05) is 48.1 Å². The molecular weight excluding hydrogens is 332 g/mol. The maximum absolute atomic E-state index is 13.5. The second kappa shape index (κ2) is 6.60. The molecule has 0 spiro atoms. The fraction of sp³-hybridized carbons (Fsp3) is 0.480. The number of aliphatic hydroxyl groups is 1. The van der Waals surface area contributed by atoms with E-state index in [9.17, 15) is 9.90 Å². The molecule has 0 amide bonds. The lowest BCUT2D eigenvalue weighted by atomic mass is 9.57. The molecule has 0 aromatic carbocycles. The van der Waals surface area contributed by atoms with Crippen molar-refractivity contribution in [3.05, 3.63) is 70.4 Å². The molecule has 0 radical (unpaired) electrons.